The number of aromatic nitrogens is 3. The highest BCUT2D eigenvalue weighted by atomic mass is 32.2. The molecule has 2 heterocycles. The maximum atomic E-state index is 13.2. The van der Waals surface area contributed by atoms with Gasteiger partial charge in [0.15, 0.2) is 11.0 Å². The molecule has 37 heavy (non-hydrogen) atoms. The maximum Gasteiger partial charge on any atom is 0.340 e. The lowest BCUT2D eigenvalue weighted by Gasteiger charge is -2.28. The summed E-state index contributed by atoms with van der Waals surface area (Å²) in [6.45, 7) is 7.85. The van der Waals surface area contributed by atoms with Gasteiger partial charge in [0.05, 0.1) is 12.9 Å². The van der Waals surface area contributed by atoms with Gasteiger partial charge in [0.2, 0.25) is 0 Å². The summed E-state index contributed by atoms with van der Waals surface area (Å²) in [5, 5.41) is 15.5. The normalized spacial score (nSPS) is 13.2. The minimum atomic E-state index is -0.273. The first kappa shape index (κ1) is 26.5. The first-order valence-electron chi connectivity index (χ1n) is 12.7. The van der Waals surface area contributed by atoms with Crippen LogP contribution in [0, 0.1) is 0 Å². The van der Waals surface area contributed by atoms with E-state index in [2.05, 4.69) is 29.4 Å². The van der Waals surface area contributed by atoms with Crippen LogP contribution >= 0.6 is 11.8 Å². The highest BCUT2D eigenvalue weighted by Gasteiger charge is 2.31. The van der Waals surface area contributed by atoms with Gasteiger partial charge in [-0.3, -0.25) is 4.79 Å². The zero-order valence-corrected chi connectivity index (χ0v) is 22.7. The van der Waals surface area contributed by atoms with E-state index in [0.717, 1.165) is 53.2 Å². The van der Waals surface area contributed by atoms with Crippen LogP contribution in [-0.2, 0) is 24.2 Å². The van der Waals surface area contributed by atoms with E-state index in [1.165, 1.54) is 16.8 Å². The summed E-state index contributed by atoms with van der Waals surface area (Å²) in [5.74, 6) is 1.54. The average Bonchev–Trinajstić information content (AvgIpc) is 3.59. The number of urea groups is 1. The summed E-state index contributed by atoms with van der Waals surface area (Å²) in [5.41, 5.74) is 3.96. The first-order chi connectivity index (χ1) is 18.0. The van der Waals surface area contributed by atoms with Crippen LogP contribution in [-0.4, -0.2) is 62.7 Å². The van der Waals surface area contributed by atoms with Gasteiger partial charge in [-0.25, -0.2) is 14.8 Å². The third-order valence-electron chi connectivity index (χ3n) is 6.49. The number of aryl methyl sites for hydroxylation is 2. The van der Waals surface area contributed by atoms with Crippen molar-refractivity contribution >= 4 is 29.4 Å². The topological polar surface area (TPSA) is 92.6 Å². The number of hydrogen-bond donors (Lipinski definition) is 1. The number of anilines is 1. The molecule has 0 saturated carbocycles. The number of thioether (sulfide) groups is 1. The van der Waals surface area contributed by atoms with Crippen molar-refractivity contribution in [1.29, 1.82) is 0 Å². The lowest BCUT2D eigenvalue weighted by atomic mass is 10.0. The number of hydrogen-bond acceptors (Lipinski definition) is 6. The Labute approximate surface area is 222 Å². The highest BCUT2D eigenvalue weighted by molar-refractivity contribution is 7.99. The van der Waals surface area contributed by atoms with Gasteiger partial charge < -0.3 is 14.6 Å². The van der Waals surface area contributed by atoms with Gasteiger partial charge >= 0.3 is 6.03 Å². The molecule has 4 rings (SSSR count). The summed E-state index contributed by atoms with van der Waals surface area (Å²) in [6.07, 6.45) is 2.38. The number of carbonyl (C=O) groups is 2. The third-order valence-corrected chi connectivity index (χ3v) is 7.44. The zero-order chi connectivity index (χ0) is 26.4. The van der Waals surface area contributed by atoms with Crippen molar-refractivity contribution in [3.63, 3.8) is 0 Å². The molecule has 0 aliphatic carbocycles. The van der Waals surface area contributed by atoms with Crippen LogP contribution in [0.25, 0.3) is 11.4 Å². The van der Waals surface area contributed by atoms with Crippen molar-refractivity contribution < 1.29 is 14.3 Å². The molecular weight excluding hydrogens is 488 g/mol. The molecule has 1 aliphatic heterocycles. The molecule has 1 aliphatic rings. The van der Waals surface area contributed by atoms with Crippen LogP contribution in [0.1, 0.15) is 38.3 Å². The van der Waals surface area contributed by atoms with Crippen LogP contribution in [0.2, 0.25) is 0 Å². The summed E-state index contributed by atoms with van der Waals surface area (Å²) in [4.78, 5) is 26.4. The number of ether oxygens (including phenoxy) is 1. The Hall–Kier alpha value is -3.53. The number of nitrogens with zero attached hydrogens (tertiary/aromatic N) is 5. The molecule has 0 radical (unpaired) electrons. The zero-order valence-electron chi connectivity index (χ0n) is 21.9. The van der Waals surface area contributed by atoms with Crippen LogP contribution < -0.4 is 10.1 Å². The van der Waals surface area contributed by atoms with Crippen molar-refractivity contribution in [2.45, 2.75) is 51.7 Å². The van der Waals surface area contributed by atoms with E-state index in [-0.39, 0.29) is 17.7 Å². The fraction of sp³-hybridized carbons (Fsp3) is 0.407. The minimum absolute atomic E-state index is 0.131. The SMILES string of the molecule is CCc1cccc(CC)c1NC(=O)N1CCCN1C(=O)CSc1nnc(-c2ccc(OC)cc2)n1CC. The number of para-hydroxylation sites is 1. The molecule has 0 atom stereocenters. The molecule has 0 unspecified atom stereocenters. The second kappa shape index (κ2) is 12.1. The number of hydrazine groups is 1. The second-order valence-corrected chi connectivity index (χ2v) is 9.59. The molecule has 9 nitrogen and oxygen atoms in total. The molecule has 0 bridgehead atoms. The number of benzene rings is 2. The average molecular weight is 523 g/mol. The predicted molar refractivity (Wildman–Crippen MR) is 146 cm³/mol. The van der Waals surface area contributed by atoms with Crippen molar-refractivity contribution in [2.75, 3.05) is 31.3 Å². The van der Waals surface area contributed by atoms with Gasteiger partial charge in [-0.1, -0.05) is 43.8 Å². The van der Waals surface area contributed by atoms with Crippen LogP contribution in [0.15, 0.2) is 47.6 Å². The highest BCUT2D eigenvalue weighted by Crippen LogP contribution is 2.27. The molecule has 10 heteroatoms. The van der Waals surface area contributed by atoms with Crippen LogP contribution in [0.3, 0.4) is 0 Å². The van der Waals surface area contributed by atoms with E-state index in [9.17, 15) is 9.59 Å². The van der Waals surface area contributed by atoms with Gasteiger partial charge in [0, 0.05) is 30.9 Å². The number of amides is 3. The Kier molecular flexibility index (Phi) is 8.70. The Morgan fingerprint density at radius 1 is 0.973 bits per heavy atom. The number of nitrogens with one attached hydrogen (secondary N) is 1. The second-order valence-electron chi connectivity index (χ2n) is 8.65. The molecule has 0 spiro atoms. The summed E-state index contributed by atoms with van der Waals surface area (Å²) in [7, 11) is 1.63. The summed E-state index contributed by atoms with van der Waals surface area (Å²) < 4.78 is 7.23. The van der Waals surface area contributed by atoms with E-state index in [1.54, 1.807) is 12.1 Å². The smallest absolute Gasteiger partial charge is 0.340 e. The quantitative estimate of drug-likeness (QED) is 0.403. The summed E-state index contributed by atoms with van der Waals surface area (Å²) in [6, 6.07) is 13.5. The lowest BCUT2D eigenvalue weighted by molar-refractivity contribution is -0.136. The van der Waals surface area contributed by atoms with Gasteiger partial charge in [-0.05, 0) is 61.6 Å². The van der Waals surface area contributed by atoms with Gasteiger partial charge in [0.25, 0.3) is 5.91 Å². The molecule has 196 valence electrons. The Morgan fingerprint density at radius 2 is 1.65 bits per heavy atom. The van der Waals surface area contributed by atoms with Crippen molar-refractivity contribution in [3.05, 3.63) is 53.6 Å². The van der Waals surface area contributed by atoms with Crippen molar-refractivity contribution in [3.8, 4) is 17.1 Å². The first-order valence-corrected chi connectivity index (χ1v) is 13.7. The van der Waals surface area contributed by atoms with Gasteiger partial charge in [0.1, 0.15) is 5.75 Å². The Bertz CT molecular complexity index is 1220. The molecule has 3 amide bonds. The maximum absolute atomic E-state index is 13.2. The minimum Gasteiger partial charge on any atom is -0.497 e. The van der Waals surface area contributed by atoms with Gasteiger partial charge in [-0.2, -0.15) is 0 Å². The largest absolute Gasteiger partial charge is 0.497 e. The molecule has 1 N–H and O–H groups in total. The third kappa shape index (κ3) is 5.74. The van der Waals surface area contributed by atoms with E-state index >= 15 is 0 Å². The van der Waals surface area contributed by atoms with Crippen molar-refractivity contribution in [2.24, 2.45) is 0 Å². The molecule has 1 fully saturated rings. The molecule has 3 aromatic rings. The number of rotatable bonds is 9. The molecular formula is C27H34N6O3S. The molecule has 2 aromatic carbocycles. The van der Waals surface area contributed by atoms with Crippen LogP contribution in [0.4, 0.5) is 10.5 Å². The Morgan fingerprint density at radius 3 is 2.27 bits per heavy atom. The van der Waals surface area contributed by atoms with E-state index in [4.69, 9.17) is 4.74 Å². The standard InChI is InChI=1S/C27H34N6O3S/c1-5-19-10-8-11-20(6-2)24(19)28-26(35)33-17-9-16-32(33)23(34)18-37-27-30-29-25(31(27)7-3)21-12-14-22(36-4)15-13-21/h8,10-15H,5-7,9,16-18H2,1-4H3,(H,28,35). The van der Waals surface area contributed by atoms with Crippen molar-refractivity contribution in [1.82, 2.24) is 24.8 Å². The van der Waals surface area contributed by atoms with Crippen LogP contribution in [0.5, 0.6) is 5.75 Å². The lowest BCUT2D eigenvalue weighted by Crippen LogP contribution is -2.47. The molecule has 1 saturated heterocycles. The number of methoxy groups -OCH3 is 1. The predicted octanol–water partition coefficient (Wildman–Crippen LogP) is 4.87. The van der Waals surface area contributed by atoms with Gasteiger partial charge in [-0.15, -0.1) is 10.2 Å². The van der Waals surface area contributed by atoms with E-state index in [0.29, 0.717) is 24.8 Å². The Balaban J connectivity index is 1.43. The van der Waals surface area contributed by atoms with E-state index < -0.39 is 0 Å². The fourth-order valence-electron chi connectivity index (χ4n) is 4.49. The summed E-state index contributed by atoms with van der Waals surface area (Å²) >= 11 is 1.33. The molecule has 1 aromatic heterocycles. The fourth-order valence-corrected chi connectivity index (χ4v) is 5.36. The van der Waals surface area contributed by atoms with E-state index in [1.807, 2.05) is 54.0 Å². The monoisotopic (exact) mass is 522 g/mol. The number of carbonyl (C=O) groups excluding carboxylic acids is 2.